The van der Waals surface area contributed by atoms with Crippen LogP contribution in [0.1, 0.15) is 168 Å². The zero-order valence-electron chi connectivity index (χ0n) is 27.8. The molecule has 0 aromatic carbocycles. The van der Waals surface area contributed by atoms with Crippen LogP contribution >= 0.6 is 0 Å². The predicted molar refractivity (Wildman–Crippen MR) is 184 cm³/mol. The fourth-order valence-electron chi connectivity index (χ4n) is 5.16. The Bertz CT molecular complexity index is 821. The number of rotatable bonds is 31. The third kappa shape index (κ3) is 31.8. The van der Waals surface area contributed by atoms with Crippen LogP contribution in [0.2, 0.25) is 0 Å². The summed E-state index contributed by atoms with van der Waals surface area (Å²) < 4.78 is 32.3. The topological polar surface area (TPSA) is 104 Å². The molecule has 2 unspecified atom stereocenters. The van der Waals surface area contributed by atoms with Gasteiger partial charge in [-0.3, -0.25) is 9.35 Å². The fraction of sp³-hybridized carbons (Fsp3) is 0.806. The van der Waals surface area contributed by atoms with Crippen molar-refractivity contribution in [3.05, 3.63) is 36.5 Å². The van der Waals surface area contributed by atoms with Crippen molar-refractivity contribution < 1.29 is 22.9 Å². The third-order valence-electron chi connectivity index (χ3n) is 7.85. The van der Waals surface area contributed by atoms with Gasteiger partial charge in [0.2, 0.25) is 5.91 Å². The standard InChI is InChI=1S/C36H67NO5S/c1-3-5-7-9-11-13-14-15-16-17-18-19-20-21-22-24-26-28-30-32-36(39)37-34(33-43(40,41)42)35(38)31-29-27-25-23-12-10-8-6-4-2/h11,13,15-16,18-19,34-35,38H,3-10,12,14,17,20-33H2,1-2H3,(H,37,39)(H,40,41,42)/b13-11-,16-15-,19-18-. The van der Waals surface area contributed by atoms with Crippen molar-refractivity contribution in [2.24, 2.45) is 0 Å². The quantitative estimate of drug-likeness (QED) is 0.0404. The maximum Gasteiger partial charge on any atom is 0.266 e. The molecule has 6 nitrogen and oxygen atoms in total. The van der Waals surface area contributed by atoms with E-state index in [0.717, 1.165) is 64.2 Å². The molecular weight excluding hydrogens is 558 g/mol. The Labute approximate surface area is 266 Å². The summed E-state index contributed by atoms with van der Waals surface area (Å²) in [5.74, 6) is -0.916. The van der Waals surface area contributed by atoms with Crippen LogP contribution < -0.4 is 5.32 Å². The number of aliphatic hydroxyl groups excluding tert-OH is 1. The molecule has 0 aliphatic carbocycles. The lowest BCUT2D eigenvalue weighted by Crippen LogP contribution is -2.47. The molecule has 0 radical (unpaired) electrons. The van der Waals surface area contributed by atoms with Crippen molar-refractivity contribution in [1.82, 2.24) is 5.32 Å². The first kappa shape index (κ1) is 41.6. The molecule has 0 bridgehead atoms. The van der Waals surface area contributed by atoms with Crippen LogP contribution in [0.25, 0.3) is 0 Å². The van der Waals surface area contributed by atoms with Gasteiger partial charge in [0.15, 0.2) is 0 Å². The van der Waals surface area contributed by atoms with Gasteiger partial charge in [-0.05, 0) is 51.4 Å². The van der Waals surface area contributed by atoms with Crippen molar-refractivity contribution in [2.45, 2.75) is 180 Å². The Kier molecular flexibility index (Phi) is 29.6. The van der Waals surface area contributed by atoms with E-state index in [2.05, 4.69) is 55.6 Å². The van der Waals surface area contributed by atoms with Crippen LogP contribution in [0, 0.1) is 0 Å². The van der Waals surface area contributed by atoms with E-state index >= 15 is 0 Å². The first-order valence-corrected chi connectivity index (χ1v) is 19.3. The maximum absolute atomic E-state index is 12.4. The van der Waals surface area contributed by atoms with Crippen LogP contribution in [0.5, 0.6) is 0 Å². The molecule has 0 aromatic rings. The van der Waals surface area contributed by atoms with E-state index in [0.29, 0.717) is 12.8 Å². The summed E-state index contributed by atoms with van der Waals surface area (Å²) in [6.07, 6.45) is 38.1. The molecule has 1 amide bonds. The number of hydrogen-bond acceptors (Lipinski definition) is 4. The van der Waals surface area contributed by atoms with Gasteiger partial charge in [-0.1, -0.05) is 147 Å². The third-order valence-corrected chi connectivity index (χ3v) is 8.63. The Hall–Kier alpha value is -1.44. The van der Waals surface area contributed by atoms with Gasteiger partial charge in [-0.2, -0.15) is 8.42 Å². The highest BCUT2D eigenvalue weighted by molar-refractivity contribution is 7.85. The second kappa shape index (κ2) is 30.6. The van der Waals surface area contributed by atoms with E-state index in [9.17, 15) is 22.9 Å². The summed E-state index contributed by atoms with van der Waals surface area (Å²) in [5.41, 5.74) is 0. The second-order valence-electron chi connectivity index (χ2n) is 12.1. The summed E-state index contributed by atoms with van der Waals surface area (Å²) >= 11 is 0. The lowest BCUT2D eigenvalue weighted by atomic mass is 10.0. The zero-order chi connectivity index (χ0) is 31.9. The Morgan fingerprint density at radius 3 is 1.58 bits per heavy atom. The van der Waals surface area contributed by atoms with Gasteiger partial charge in [-0.25, -0.2) is 0 Å². The molecule has 2 atom stereocenters. The number of nitrogens with one attached hydrogen (secondary N) is 1. The van der Waals surface area contributed by atoms with E-state index in [4.69, 9.17) is 0 Å². The monoisotopic (exact) mass is 625 g/mol. The van der Waals surface area contributed by atoms with Crippen LogP contribution in [-0.2, 0) is 14.9 Å². The number of carbonyl (C=O) groups is 1. The van der Waals surface area contributed by atoms with Crippen molar-refractivity contribution in [1.29, 1.82) is 0 Å². The molecule has 0 heterocycles. The highest BCUT2D eigenvalue weighted by atomic mass is 32.2. The van der Waals surface area contributed by atoms with Crippen LogP contribution in [0.15, 0.2) is 36.5 Å². The molecule has 0 aliphatic rings. The van der Waals surface area contributed by atoms with Gasteiger partial charge >= 0.3 is 0 Å². The number of aliphatic hydroxyl groups is 1. The van der Waals surface area contributed by atoms with Crippen molar-refractivity contribution in [3.8, 4) is 0 Å². The van der Waals surface area contributed by atoms with E-state index in [1.165, 1.54) is 77.0 Å². The van der Waals surface area contributed by atoms with E-state index in [-0.39, 0.29) is 5.91 Å². The van der Waals surface area contributed by atoms with Crippen LogP contribution in [-0.4, -0.2) is 41.9 Å². The largest absolute Gasteiger partial charge is 0.391 e. The Morgan fingerprint density at radius 1 is 0.628 bits per heavy atom. The number of amides is 1. The summed E-state index contributed by atoms with van der Waals surface area (Å²) in [4.78, 5) is 12.4. The smallest absolute Gasteiger partial charge is 0.266 e. The SMILES string of the molecule is CCCCC/C=C\C/C=C\C/C=C\CCCCCCCCC(=O)NC(CS(=O)(=O)O)C(O)CCCCCCCCCCC. The summed E-state index contributed by atoms with van der Waals surface area (Å²) in [6.45, 7) is 4.44. The molecule has 0 rings (SSSR count). The Balaban J connectivity index is 3.93. The van der Waals surface area contributed by atoms with Gasteiger partial charge in [0.25, 0.3) is 10.1 Å². The minimum Gasteiger partial charge on any atom is -0.391 e. The van der Waals surface area contributed by atoms with Gasteiger partial charge < -0.3 is 10.4 Å². The first-order valence-electron chi connectivity index (χ1n) is 17.7. The highest BCUT2D eigenvalue weighted by Crippen LogP contribution is 2.14. The molecular formula is C36H67NO5S. The van der Waals surface area contributed by atoms with Crippen molar-refractivity contribution in [3.63, 3.8) is 0 Å². The van der Waals surface area contributed by atoms with Crippen LogP contribution in [0.3, 0.4) is 0 Å². The number of unbranched alkanes of at least 4 members (excludes halogenated alkanes) is 17. The maximum atomic E-state index is 12.4. The average Bonchev–Trinajstić information content (AvgIpc) is 2.96. The lowest BCUT2D eigenvalue weighted by molar-refractivity contribution is -0.122. The number of hydrogen-bond donors (Lipinski definition) is 3. The molecule has 7 heteroatoms. The number of carbonyl (C=O) groups excluding carboxylic acids is 1. The Morgan fingerprint density at radius 2 is 1.05 bits per heavy atom. The minimum atomic E-state index is -4.30. The van der Waals surface area contributed by atoms with Crippen molar-refractivity contribution in [2.75, 3.05) is 5.75 Å². The molecule has 252 valence electrons. The highest BCUT2D eigenvalue weighted by Gasteiger charge is 2.26. The van der Waals surface area contributed by atoms with Gasteiger partial charge in [0.05, 0.1) is 17.9 Å². The van der Waals surface area contributed by atoms with E-state index in [1.54, 1.807) is 0 Å². The molecule has 0 aromatic heterocycles. The normalized spacial score (nSPS) is 13.9. The molecule has 3 N–H and O–H groups in total. The number of allylic oxidation sites excluding steroid dienone is 6. The van der Waals surface area contributed by atoms with Gasteiger partial charge in [0, 0.05) is 6.42 Å². The lowest BCUT2D eigenvalue weighted by Gasteiger charge is -2.23. The molecule has 0 aliphatic heterocycles. The molecule has 0 saturated carbocycles. The summed E-state index contributed by atoms with van der Waals surface area (Å²) in [6, 6.07) is -0.975. The van der Waals surface area contributed by atoms with Crippen molar-refractivity contribution >= 4 is 16.0 Å². The fourth-order valence-corrected chi connectivity index (χ4v) is 5.92. The predicted octanol–water partition coefficient (Wildman–Crippen LogP) is 9.79. The molecule has 43 heavy (non-hydrogen) atoms. The molecule has 0 fully saturated rings. The average molecular weight is 626 g/mol. The minimum absolute atomic E-state index is 0.262. The molecule has 0 spiro atoms. The van der Waals surface area contributed by atoms with Gasteiger partial charge in [0.1, 0.15) is 0 Å². The van der Waals surface area contributed by atoms with Crippen LogP contribution in [0.4, 0.5) is 0 Å². The van der Waals surface area contributed by atoms with E-state index < -0.39 is 28.0 Å². The van der Waals surface area contributed by atoms with E-state index in [1.807, 2.05) is 0 Å². The summed E-state index contributed by atoms with van der Waals surface area (Å²) in [5, 5.41) is 13.2. The molecule has 0 saturated heterocycles. The zero-order valence-corrected chi connectivity index (χ0v) is 28.6. The second-order valence-corrected chi connectivity index (χ2v) is 13.6. The summed E-state index contributed by atoms with van der Waals surface area (Å²) in [7, 11) is -4.30. The first-order chi connectivity index (χ1) is 20.8. The van der Waals surface area contributed by atoms with Gasteiger partial charge in [-0.15, -0.1) is 0 Å².